The zero-order chi connectivity index (χ0) is 13.1. The Morgan fingerprint density at radius 3 is 2.39 bits per heavy atom. The van der Waals surface area contributed by atoms with Gasteiger partial charge < -0.3 is 4.74 Å². The first kappa shape index (κ1) is 12.3. The summed E-state index contributed by atoms with van der Waals surface area (Å²) in [6.07, 6.45) is 0. The largest absolute Gasteiger partial charge is 0.454 e. The van der Waals surface area contributed by atoms with Gasteiger partial charge in [-0.25, -0.2) is 4.39 Å². The van der Waals surface area contributed by atoms with Gasteiger partial charge in [-0.3, -0.25) is 4.79 Å². The van der Waals surface area contributed by atoms with Crippen molar-refractivity contribution < 1.29 is 13.9 Å². The van der Waals surface area contributed by atoms with E-state index in [0.29, 0.717) is 16.9 Å². The smallest absolute Gasteiger partial charge is 0.168 e. The molecule has 0 amide bonds. The summed E-state index contributed by atoms with van der Waals surface area (Å²) in [6.45, 7) is 3.18. The third-order valence-corrected chi connectivity index (χ3v) is 2.65. The number of ether oxygens (including phenoxy) is 1. The van der Waals surface area contributed by atoms with Crippen LogP contribution in [0.2, 0.25) is 0 Å². The molecule has 0 aliphatic rings. The van der Waals surface area contributed by atoms with E-state index in [0.717, 1.165) is 0 Å². The van der Waals surface area contributed by atoms with Crippen LogP contribution in [0, 0.1) is 12.7 Å². The highest BCUT2D eigenvalue weighted by Crippen LogP contribution is 2.26. The van der Waals surface area contributed by atoms with Crippen molar-refractivity contribution in [1.29, 1.82) is 0 Å². The minimum atomic E-state index is -0.367. The number of benzene rings is 2. The van der Waals surface area contributed by atoms with Crippen LogP contribution in [0.3, 0.4) is 0 Å². The molecule has 0 aromatic heterocycles. The molecule has 0 heterocycles. The Bertz CT molecular complexity index is 574. The maximum Gasteiger partial charge on any atom is 0.168 e. The van der Waals surface area contributed by atoms with Crippen LogP contribution >= 0.6 is 0 Å². The summed E-state index contributed by atoms with van der Waals surface area (Å²) in [5.41, 5.74) is 1.14. The third-order valence-electron chi connectivity index (χ3n) is 2.65. The van der Waals surface area contributed by atoms with Crippen molar-refractivity contribution in [3.8, 4) is 11.5 Å². The molecule has 0 fully saturated rings. The molecule has 0 bridgehead atoms. The Morgan fingerprint density at radius 1 is 1.11 bits per heavy atom. The quantitative estimate of drug-likeness (QED) is 0.759. The fourth-order valence-corrected chi connectivity index (χ4v) is 1.58. The monoisotopic (exact) mass is 244 g/mol. The number of ketones is 1. The molecule has 2 nitrogen and oxygen atoms in total. The Labute approximate surface area is 105 Å². The summed E-state index contributed by atoms with van der Waals surface area (Å²) in [6, 6.07) is 11.6. The van der Waals surface area contributed by atoms with Crippen LogP contribution in [-0.2, 0) is 0 Å². The summed E-state index contributed by atoms with van der Waals surface area (Å²) in [5, 5.41) is 0. The SMILES string of the molecule is CC(=O)c1ccc(Oc2cccc(C)c2F)cc1. The fraction of sp³-hybridized carbons (Fsp3) is 0.133. The lowest BCUT2D eigenvalue weighted by Crippen LogP contribution is -1.93. The zero-order valence-electron chi connectivity index (χ0n) is 10.2. The van der Waals surface area contributed by atoms with Gasteiger partial charge in [0.15, 0.2) is 17.3 Å². The maximum atomic E-state index is 13.7. The van der Waals surface area contributed by atoms with Crippen molar-refractivity contribution in [3.05, 3.63) is 59.4 Å². The van der Waals surface area contributed by atoms with Crippen LogP contribution in [0.5, 0.6) is 11.5 Å². The van der Waals surface area contributed by atoms with E-state index in [4.69, 9.17) is 4.74 Å². The molecule has 0 spiro atoms. The zero-order valence-corrected chi connectivity index (χ0v) is 10.2. The van der Waals surface area contributed by atoms with Crippen LogP contribution in [0.15, 0.2) is 42.5 Å². The van der Waals surface area contributed by atoms with Crippen LogP contribution in [-0.4, -0.2) is 5.78 Å². The van der Waals surface area contributed by atoms with Crippen molar-refractivity contribution >= 4 is 5.78 Å². The van der Waals surface area contributed by atoms with Crippen LogP contribution in [0.25, 0.3) is 0 Å². The molecule has 0 aliphatic carbocycles. The van der Waals surface area contributed by atoms with Crippen LogP contribution in [0.1, 0.15) is 22.8 Å². The Balaban J connectivity index is 2.24. The van der Waals surface area contributed by atoms with E-state index >= 15 is 0 Å². The van der Waals surface area contributed by atoms with E-state index in [9.17, 15) is 9.18 Å². The Kier molecular flexibility index (Phi) is 3.42. The highest BCUT2D eigenvalue weighted by molar-refractivity contribution is 5.94. The van der Waals surface area contributed by atoms with Gasteiger partial charge in [-0.05, 0) is 49.7 Å². The number of halogens is 1. The summed E-state index contributed by atoms with van der Waals surface area (Å²) in [5.74, 6) is 0.312. The van der Waals surface area contributed by atoms with Gasteiger partial charge in [-0.2, -0.15) is 0 Å². The Hall–Kier alpha value is -2.16. The molecule has 2 aromatic carbocycles. The lowest BCUT2D eigenvalue weighted by Gasteiger charge is -2.08. The molecule has 2 rings (SSSR count). The molecule has 0 saturated carbocycles. The molecule has 0 radical (unpaired) electrons. The molecular weight excluding hydrogens is 231 g/mol. The van der Waals surface area contributed by atoms with Gasteiger partial charge in [0, 0.05) is 5.56 Å². The molecule has 0 aliphatic heterocycles. The van der Waals surface area contributed by atoms with Gasteiger partial charge >= 0.3 is 0 Å². The first-order valence-electron chi connectivity index (χ1n) is 5.62. The second-order valence-corrected chi connectivity index (χ2v) is 4.07. The lowest BCUT2D eigenvalue weighted by molar-refractivity contribution is 0.101. The van der Waals surface area contributed by atoms with Crippen molar-refractivity contribution in [2.75, 3.05) is 0 Å². The van der Waals surface area contributed by atoms with E-state index in [1.165, 1.54) is 6.92 Å². The fourth-order valence-electron chi connectivity index (χ4n) is 1.58. The topological polar surface area (TPSA) is 26.3 Å². The van der Waals surface area contributed by atoms with Crippen molar-refractivity contribution in [2.45, 2.75) is 13.8 Å². The van der Waals surface area contributed by atoms with Gasteiger partial charge in [0.2, 0.25) is 0 Å². The molecular formula is C15H13FO2. The number of hydrogen-bond donors (Lipinski definition) is 0. The van der Waals surface area contributed by atoms with Gasteiger partial charge in [0.05, 0.1) is 0 Å². The average molecular weight is 244 g/mol. The molecule has 0 unspecified atom stereocenters. The summed E-state index contributed by atoms with van der Waals surface area (Å²) in [4.78, 5) is 11.1. The Morgan fingerprint density at radius 2 is 1.78 bits per heavy atom. The molecule has 0 saturated heterocycles. The standard InChI is InChI=1S/C15H13FO2/c1-10-4-3-5-14(15(10)16)18-13-8-6-12(7-9-13)11(2)17/h3-9H,1-2H3. The second kappa shape index (κ2) is 5.00. The molecule has 0 atom stereocenters. The maximum absolute atomic E-state index is 13.7. The van der Waals surface area contributed by atoms with E-state index in [-0.39, 0.29) is 17.3 Å². The van der Waals surface area contributed by atoms with E-state index in [1.54, 1.807) is 49.4 Å². The van der Waals surface area contributed by atoms with Gasteiger partial charge in [-0.1, -0.05) is 12.1 Å². The first-order valence-corrected chi connectivity index (χ1v) is 5.62. The normalized spacial score (nSPS) is 10.2. The van der Waals surface area contributed by atoms with Gasteiger partial charge in [-0.15, -0.1) is 0 Å². The van der Waals surface area contributed by atoms with Gasteiger partial charge in [0.1, 0.15) is 5.75 Å². The van der Waals surface area contributed by atoms with Crippen LogP contribution in [0.4, 0.5) is 4.39 Å². The lowest BCUT2D eigenvalue weighted by atomic mass is 10.1. The van der Waals surface area contributed by atoms with E-state index < -0.39 is 0 Å². The summed E-state index contributed by atoms with van der Waals surface area (Å²) < 4.78 is 19.2. The number of Topliss-reactive ketones (excluding diaryl/α,β-unsaturated/α-hetero) is 1. The minimum Gasteiger partial charge on any atom is -0.454 e. The molecule has 0 N–H and O–H groups in total. The predicted octanol–water partition coefficient (Wildman–Crippen LogP) is 4.13. The highest BCUT2D eigenvalue weighted by Gasteiger charge is 2.07. The van der Waals surface area contributed by atoms with Crippen LogP contribution < -0.4 is 4.74 Å². The number of carbonyl (C=O) groups excluding carboxylic acids is 1. The summed E-state index contributed by atoms with van der Waals surface area (Å²) >= 11 is 0. The van der Waals surface area contributed by atoms with Crippen molar-refractivity contribution in [1.82, 2.24) is 0 Å². The average Bonchev–Trinajstić information content (AvgIpc) is 2.36. The summed E-state index contributed by atoms with van der Waals surface area (Å²) in [7, 11) is 0. The molecule has 18 heavy (non-hydrogen) atoms. The third kappa shape index (κ3) is 2.56. The molecule has 92 valence electrons. The predicted molar refractivity (Wildman–Crippen MR) is 67.7 cm³/mol. The molecule has 2 aromatic rings. The van der Waals surface area contributed by atoms with Crippen molar-refractivity contribution in [3.63, 3.8) is 0 Å². The van der Waals surface area contributed by atoms with E-state index in [2.05, 4.69) is 0 Å². The van der Waals surface area contributed by atoms with Crippen molar-refractivity contribution in [2.24, 2.45) is 0 Å². The number of aryl methyl sites for hydroxylation is 1. The molecule has 3 heteroatoms. The highest BCUT2D eigenvalue weighted by atomic mass is 19.1. The van der Waals surface area contributed by atoms with Gasteiger partial charge in [0.25, 0.3) is 0 Å². The number of carbonyl (C=O) groups is 1. The van der Waals surface area contributed by atoms with E-state index in [1.807, 2.05) is 0 Å². The minimum absolute atomic E-state index is 0.0108. The number of hydrogen-bond acceptors (Lipinski definition) is 2. The second-order valence-electron chi connectivity index (χ2n) is 4.07. The number of rotatable bonds is 3. The first-order chi connectivity index (χ1) is 8.58.